The molecule has 0 N–H and O–H groups in total. The second-order valence-electron chi connectivity index (χ2n) is 9.07. The van der Waals surface area contributed by atoms with E-state index >= 15 is 0 Å². The zero-order chi connectivity index (χ0) is 18.6. The SMILES string of the molecule is COC(=O)C1=CN(c2ccc(Cl)cc2)CN(C23CC4CC(CC(C4)C2)C3)C1. The van der Waals surface area contributed by atoms with Crippen molar-refractivity contribution in [2.75, 3.05) is 25.2 Å². The Morgan fingerprint density at radius 1 is 1.07 bits per heavy atom. The molecule has 4 nitrogen and oxygen atoms in total. The van der Waals surface area contributed by atoms with E-state index in [0.717, 1.165) is 40.7 Å². The number of hydrogen-bond donors (Lipinski definition) is 0. The van der Waals surface area contributed by atoms with Gasteiger partial charge >= 0.3 is 5.97 Å². The van der Waals surface area contributed by atoms with Crippen molar-refractivity contribution in [2.24, 2.45) is 17.8 Å². The topological polar surface area (TPSA) is 32.8 Å². The Hall–Kier alpha value is -1.52. The van der Waals surface area contributed by atoms with Crippen molar-refractivity contribution in [1.29, 1.82) is 0 Å². The van der Waals surface area contributed by atoms with Crippen LogP contribution in [-0.4, -0.2) is 36.7 Å². The summed E-state index contributed by atoms with van der Waals surface area (Å²) in [6, 6.07) is 7.87. The third-order valence-electron chi connectivity index (χ3n) is 7.28. The van der Waals surface area contributed by atoms with E-state index in [1.54, 1.807) is 0 Å². The van der Waals surface area contributed by atoms with Gasteiger partial charge in [0.15, 0.2) is 0 Å². The predicted octanol–water partition coefficient (Wildman–Crippen LogP) is 4.45. The standard InChI is InChI=1S/C22H27ClN2O2/c1-27-21(26)18-12-24(20-4-2-19(23)3-5-20)14-25(13-18)22-9-15-6-16(10-22)8-17(7-15)11-22/h2-5,12,15-17H,6-11,13-14H2,1H3. The molecular formula is C22H27ClN2O2. The summed E-state index contributed by atoms with van der Waals surface area (Å²) in [6.07, 6.45) is 10.1. The van der Waals surface area contributed by atoms with E-state index in [9.17, 15) is 4.79 Å². The van der Waals surface area contributed by atoms with Crippen molar-refractivity contribution in [3.05, 3.63) is 41.1 Å². The number of esters is 1. The van der Waals surface area contributed by atoms with E-state index in [1.807, 2.05) is 30.5 Å². The summed E-state index contributed by atoms with van der Waals surface area (Å²) in [4.78, 5) is 17.2. The quantitative estimate of drug-likeness (QED) is 0.719. The highest BCUT2D eigenvalue weighted by Gasteiger charge is 2.54. The molecule has 6 rings (SSSR count). The van der Waals surface area contributed by atoms with Gasteiger partial charge in [0, 0.05) is 29.0 Å². The van der Waals surface area contributed by atoms with Gasteiger partial charge in [0.1, 0.15) is 0 Å². The van der Waals surface area contributed by atoms with Crippen LogP contribution in [0.15, 0.2) is 36.0 Å². The maximum Gasteiger partial charge on any atom is 0.336 e. The van der Waals surface area contributed by atoms with Gasteiger partial charge in [-0.3, -0.25) is 4.90 Å². The predicted molar refractivity (Wildman–Crippen MR) is 107 cm³/mol. The average Bonchev–Trinajstić information content (AvgIpc) is 2.66. The third kappa shape index (κ3) is 3.07. The fourth-order valence-corrected chi connectivity index (χ4v) is 6.64. The summed E-state index contributed by atoms with van der Waals surface area (Å²) in [5, 5.41) is 0.728. The number of halogens is 1. The lowest BCUT2D eigenvalue weighted by Crippen LogP contribution is -2.63. The minimum atomic E-state index is -0.219. The Morgan fingerprint density at radius 3 is 2.22 bits per heavy atom. The number of nitrogens with zero attached hydrogens (tertiary/aromatic N) is 2. The molecule has 1 aromatic rings. The van der Waals surface area contributed by atoms with E-state index in [4.69, 9.17) is 16.3 Å². The van der Waals surface area contributed by atoms with Gasteiger partial charge in [0.25, 0.3) is 0 Å². The summed E-state index contributed by atoms with van der Waals surface area (Å²) in [5.74, 6) is 2.43. The fourth-order valence-electron chi connectivity index (χ4n) is 6.52. The summed E-state index contributed by atoms with van der Waals surface area (Å²) in [7, 11) is 1.47. The largest absolute Gasteiger partial charge is 0.466 e. The lowest BCUT2D eigenvalue weighted by atomic mass is 9.52. The Bertz CT molecular complexity index is 738. The summed E-state index contributed by atoms with van der Waals surface area (Å²) in [6.45, 7) is 1.53. The van der Waals surface area contributed by atoms with Crippen molar-refractivity contribution < 1.29 is 9.53 Å². The second kappa shape index (κ2) is 6.52. The smallest absolute Gasteiger partial charge is 0.336 e. The first-order chi connectivity index (χ1) is 13.0. The molecule has 5 heteroatoms. The van der Waals surface area contributed by atoms with E-state index in [2.05, 4.69) is 9.80 Å². The maximum atomic E-state index is 12.4. The Kier molecular flexibility index (Phi) is 4.25. The molecule has 0 radical (unpaired) electrons. The monoisotopic (exact) mass is 386 g/mol. The number of anilines is 1. The lowest BCUT2D eigenvalue weighted by molar-refractivity contribution is -0.137. The first-order valence-electron chi connectivity index (χ1n) is 10.1. The van der Waals surface area contributed by atoms with E-state index in [-0.39, 0.29) is 11.5 Å². The molecule has 5 aliphatic rings. The summed E-state index contributed by atoms with van der Waals surface area (Å²) >= 11 is 6.07. The molecule has 1 heterocycles. The number of benzene rings is 1. The second-order valence-corrected chi connectivity index (χ2v) is 9.51. The van der Waals surface area contributed by atoms with Crippen LogP contribution in [0.5, 0.6) is 0 Å². The highest BCUT2D eigenvalue weighted by Crippen LogP contribution is 2.58. The van der Waals surface area contributed by atoms with Crippen LogP contribution in [0, 0.1) is 17.8 Å². The fraction of sp³-hybridized carbons (Fsp3) is 0.591. The van der Waals surface area contributed by atoms with E-state index < -0.39 is 0 Å². The third-order valence-corrected chi connectivity index (χ3v) is 7.53. The molecule has 0 saturated heterocycles. The van der Waals surface area contributed by atoms with Crippen LogP contribution in [0.3, 0.4) is 0 Å². The minimum absolute atomic E-state index is 0.219. The van der Waals surface area contributed by atoms with Gasteiger partial charge < -0.3 is 9.64 Å². The summed E-state index contributed by atoms with van der Waals surface area (Å²) in [5.41, 5.74) is 2.07. The highest BCUT2D eigenvalue weighted by molar-refractivity contribution is 6.30. The molecule has 144 valence electrons. The molecule has 4 saturated carbocycles. The van der Waals surface area contributed by atoms with Gasteiger partial charge in [-0.05, 0) is 80.5 Å². The number of methoxy groups -OCH3 is 1. The zero-order valence-electron chi connectivity index (χ0n) is 15.9. The van der Waals surface area contributed by atoms with Gasteiger partial charge in [0.05, 0.1) is 19.4 Å². The molecule has 4 bridgehead atoms. The molecule has 0 aromatic heterocycles. The van der Waals surface area contributed by atoms with Crippen molar-refractivity contribution in [1.82, 2.24) is 4.90 Å². The van der Waals surface area contributed by atoms with Gasteiger partial charge in [0.2, 0.25) is 0 Å². The molecule has 0 atom stereocenters. The van der Waals surface area contributed by atoms with Crippen molar-refractivity contribution in [3.8, 4) is 0 Å². The average molecular weight is 387 g/mol. The van der Waals surface area contributed by atoms with Crippen LogP contribution in [0.25, 0.3) is 0 Å². The first kappa shape index (κ1) is 17.6. The van der Waals surface area contributed by atoms with Crippen LogP contribution in [0.1, 0.15) is 38.5 Å². The van der Waals surface area contributed by atoms with Gasteiger partial charge in [-0.2, -0.15) is 0 Å². The summed E-state index contributed by atoms with van der Waals surface area (Å²) < 4.78 is 5.08. The van der Waals surface area contributed by atoms with Crippen LogP contribution >= 0.6 is 11.6 Å². The van der Waals surface area contributed by atoms with E-state index in [1.165, 1.54) is 45.6 Å². The van der Waals surface area contributed by atoms with Crippen LogP contribution in [-0.2, 0) is 9.53 Å². The highest BCUT2D eigenvalue weighted by atomic mass is 35.5. The number of carbonyl (C=O) groups excluding carboxylic acids is 1. The molecule has 0 amide bonds. The first-order valence-corrected chi connectivity index (χ1v) is 10.5. The van der Waals surface area contributed by atoms with Crippen molar-refractivity contribution >= 4 is 23.3 Å². The molecule has 27 heavy (non-hydrogen) atoms. The number of carbonyl (C=O) groups is 1. The zero-order valence-corrected chi connectivity index (χ0v) is 16.6. The molecule has 4 aliphatic carbocycles. The van der Waals surface area contributed by atoms with Crippen molar-refractivity contribution in [3.63, 3.8) is 0 Å². The normalized spacial score (nSPS) is 35.3. The van der Waals surface area contributed by atoms with E-state index in [0.29, 0.717) is 6.54 Å². The van der Waals surface area contributed by atoms with Gasteiger partial charge in [-0.1, -0.05) is 11.6 Å². The van der Waals surface area contributed by atoms with Gasteiger partial charge in [-0.15, -0.1) is 0 Å². The van der Waals surface area contributed by atoms with Crippen LogP contribution in [0.4, 0.5) is 5.69 Å². The minimum Gasteiger partial charge on any atom is -0.466 e. The number of hydrogen-bond acceptors (Lipinski definition) is 4. The lowest BCUT2D eigenvalue weighted by Gasteiger charge is -2.61. The maximum absolute atomic E-state index is 12.4. The molecule has 0 spiro atoms. The molecule has 1 aliphatic heterocycles. The Balaban J connectivity index is 1.47. The molecular weight excluding hydrogens is 360 g/mol. The van der Waals surface area contributed by atoms with Crippen LogP contribution in [0.2, 0.25) is 5.02 Å². The molecule has 1 aromatic carbocycles. The van der Waals surface area contributed by atoms with Gasteiger partial charge in [-0.25, -0.2) is 4.79 Å². The number of rotatable bonds is 3. The Labute approximate surface area is 166 Å². The molecule has 0 unspecified atom stereocenters. The Morgan fingerprint density at radius 2 is 1.67 bits per heavy atom. The van der Waals surface area contributed by atoms with Crippen LogP contribution < -0.4 is 4.90 Å². The number of ether oxygens (including phenoxy) is 1. The van der Waals surface area contributed by atoms with Crippen molar-refractivity contribution in [2.45, 2.75) is 44.1 Å². The molecule has 4 fully saturated rings.